The fraction of sp³-hybridized carbons (Fsp3) is 0.700. The number of hydrogen-bond donors (Lipinski definition) is 2. The average molecular weight is 180 g/mol. The van der Waals surface area contributed by atoms with Gasteiger partial charge in [0.1, 0.15) is 0 Å². The minimum Gasteiger partial charge on any atom is -0.396 e. The molecule has 1 aliphatic rings. The molecule has 0 bridgehead atoms. The molecule has 0 saturated heterocycles. The summed E-state index contributed by atoms with van der Waals surface area (Å²) in [5, 5.41) is 16.2. The lowest BCUT2D eigenvalue weighted by Gasteiger charge is -2.24. The van der Waals surface area contributed by atoms with Crippen LogP contribution in [0.1, 0.15) is 42.1 Å². The van der Waals surface area contributed by atoms with Gasteiger partial charge in [0.05, 0.1) is 5.69 Å². The van der Waals surface area contributed by atoms with Crippen LogP contribution in [0.15, 0.2) is 0 Å². The molecule has 0 radical (unpaired) electrons. The quantitative estimate of drug-likeness (QED) is 0.741. The van der Waals surface area contributed by atoms with Crippen LogP contribution in [0.25, 0.3) is 0 Å². The van der Waals surface area contributed by atoms with Gasteiger partial charge in [0, 0.05) is 18.2 Å². The maximum Gasteiger partial charge on any atom is 0.0688 e. The monoisotopic (exact) mass is 180 g/mol. The molecule has 1 aromatic heterocycles. The molecule has 13 heavy (non-hydrogen) atoms. The Morgan fingerprint density at radius 3 is 2.85 bits per heavy atom. The highest BCUT2D eigenvalue weighted by Gasteiger charge is 2.25. The zero-order chi connectivity index (χ0) is 9.26. The Balaban J connectivity index is 2.22. The topological polar surface area (TPSA) is 48.9 Å². The number of aliphatic hydroxyl groups excluding tert-OH is 1. The number of aryl methyl sites for hydroxylation is 1. The van der Waals surface area contributed by atoms with E-state index < -0.39 is 0 Å². The minimum absolute atomic E-state index is 0.222. The Kier molecular flexibility index (Phi) is 2.36. The lowest BCUT2D eigenvalue weighted by atomic mass is 9.81. The molecule has 3 nitrogen and oxygen atoms in total. The van der Waals surface area contributed by atoms with Gasteiger partial charge in [0.25, 0.3) is 0 Å². The number of hydrogen-bond acceptors (Lipinski definition) is 2. The summed E-state index contributed by atoms with van der Waals surface area (Å²) in [7, 11) is 0. The van der Waals surface area contributed by atoms with Crippen molar-refractivity contribution >= 4 is 0 Å². The number of aromatic amines is 1. The van der Waals surface area contributed by atoms with Gasteiger partial charge < -0.3 is 5.11 Å². The number of nitrogens with one attached hydrogen (secondary N) is 1. The van der Waals surface area contributed by atoms with Crippen LogP contribution in [0.4, 0.5) is 0 Å². The molecule has 0 aromatic carbocycles. The minimum atomic E-state index is 0.222. The molecule has 1 aromatic rings. The smallest absolute Gasteiger partial charge is 0.0688 e. The van der Waals surface area contributed by atoms with E-state index in [0.717, 1.165) is 12.1 Å². The van der Waals surface area contributed by atoms with Gasteiger partial charge in [-0.2, -0.15) is 5.10 Å². The van der Waals surface area contributed by atoms with Crippen LogP contribution in [0.2, 0.25) is 0 Å². The van der Waals surface area contributed by atoms with E-state index in [1.54, 1.807) is 0 Å². The Labute approximate surface area is 78.2 Å². The van der Waals surface area contributed by atoms with Crippen LogP contribution in [0.5, 0.6) is 0 Å². The zero-order valence-corrected chi connectivity index (χ0v) is 8.01. The van der Waals surface area contributed by atoms with E-state index in [0.29, 0.717) is 5.92 Å². The SMILES string of the molecule is Cc1[nH]nc(C2CCC2)c1CCO. The van der Waals surface area contributed by atoms with Gasteiger partial charge in [-0.05, 0) is 31.7 Å². The van der Waals surface area contributed by atoms with Gasteiger partial charge in [0.15, 0.2) is 0 Å². The van der Waals surface area contributed by atoms with Gasteiger partial charge in [0.2, 0.25) is 0 Å². The second kappa shape index (κ2) is 3.50. The van der Waals surface area contributed by atoms with E-state index in [1.165, 1.54) is 30.5 Å². The van der Waals surface area contributed by atoms with Gasteiger partial charge in [-0.25, -0.2) is 0 Å². The summed E-state index contributed by atoms with van der Waals surface area (Å²) in [6, 6.07) is 0. The van der Waals surface area contributed by atoms with Crippen molar-refractivity contribution in [3.63, 3.8) is 0 Å². The third-order valence-corrected chi connectivity index (χ3v) is 2.96. The first-order valence-corrected chi connectivity index (χ1v) is 4.97. The first kappa shape index (κ1) is 8.75. The van der Waals surface area contributed by atoms with E-state index in [4.69, 9.17) is 5.11 Å². The Bertz CT molecular complexity index is 289. The molecule has 1 saturated carbocycles. The highest BCUT2D eigenvalue weighted by Crippen LogP contribution is 2.37. The van der Waals surface area contributed by atoms with Crippen LogP contribution in [0, 0.1) is 6.92 Å². The zero-order valence-electron chi connectivity index (χ0n) is 8.01. The van der Waals surface area contributed by atoms with Crippen LogP contribution in [-0.2, 0) is 6.42 Å². The Hall–Kier alpha value is -0.830. The van der Waals surface area contributed by atoms with Crippen LogP contribution in [-0.4, -0.2) is 21.9 Å². The van der Waals surface area contributed by atoms with Crippen molar-refractivity contribution in [2.75, 3.05) is 6.61 Å². The fourth-order valence-electron chi connectivity index (χ4n) is 1.92. The molecule has 1 fully saturated rings. The van der Waals surface area contributed by atoms with Gasteiger partial charge in [-0.3, -0.25) is 5.10 Å². The predicted octanol–water partition coefficient (Wildman–Crippen LogP) is 1.52. The number of rotatable bonds is 3. The maximum absolute atomic E-state index is 8.92. The molecule has 1 heterocycles. The average Bonchev–Trinajstić information content (AvgIpc) is 2.33. The van der Waals surface area contributed by atoms with E-state index in [1.807, 2.05) is 6.92 Å². The fourth-order valence-corrected chi connectivity index (χ4v) is 1.92. The van der Waals surface area contributed by atoms with Gasteiger partial charge in [-0.1, -0.05) is 6.42 Å². The van der Waals surface area contributed by atoms with E-state index in [9.17, 15) is 0 Å². The molecule has 0 spiro atoms. The second-order valence-corrected chi connectivity index (χ2v) is 3.81. The summed E-state index contributed by atoms with van der Waals surface area (Å²) in [5.41, 5.74) is 3.57. The molecule has 3 heteroatoms. The molecular weight excluding hydrogens is 164 g/mol. The van der Waals surface area contributed by atoms with Crippen molar-refractivity contribution in [3.05, 3.63) is 17.0 Å². The van der Waals surface area contributed by atoms with Crippen molar-refractivity contribution in [3.8, 4) is 0 Å². The molecule has 0 amide bonds. The van der Waals surface area contributed by atoms with Crippen molar-refractivity contribution in [1.82, 2.24) is 10.2 Å². The third-order valence-electron chi connectivity index (χ3n) is 2.96. The summed E-state index contributed by atoms with van der Waals surface area (Å²) in [5.74, 6) is 0.659. The first-order chi connectivity index (χ1) is 6.33. The Morgan fingerprint density at radius 2 is 2.31 bits per heavy atom. The van der Waals surface area contributed by atoms with E-state index in [2.05, 4.69) is 10.2 Å². The lowest BCUT2D eigenvalue weighted by Crippen LogP contribution is -2.12. The summed E-state index contributed by atoms with van der Waals surface area (Å²) >= 11 is 0. The molecule has 2 N–H and O–H groups in total. The number of H-pyrrole nitrogens is 1. The molecule has 0 unspecified atom stereocenters. The number of nitrogens with zero attached hydrogens (tertiary/aromatic N) is 1. The van der Waals surface area contributed by atoms with Crippen molar-refractivity contribution in [2.24, 2.45) is 0 Å². The largest absolute Gasteiger partial charge is 0.396 e. The van der Waals surface area contributed by atoms with Crippen LogP contribution in [0.3, 0.4) is 0 Å². The molecule has 0 aliphatic heterocycles. The Morgan fingerprint density at radius 1 is 1.54 bits per heavy atom. The standard InChI is InChI=1S/C10H16N2O/c1-7-9(5-6-13)10(12-11-7)8-3-2-4-8/h8,13H,2-6H2,1H3,(H,11,12). The molecule has 2 rings (SSSR count). The van der Waals surface area contributed by atoms with E-state index in [-0.39, 0.29) is 6.61 Å². The number of aromatic nitrogens is 2. The normalized spacial score (nSPS) is 17.4. The van der Waals surface area contributed by atoms with Crippen molar-refractivity contribution < 1.29 is 5.11 Å². The molecule has 0 atom stereocenters. The van der Waals surface area contributed by atoms with Gasteiger partial charge in [-0.15, -0.1) is 0 Å². The predicted molar refractivity (Wildman–Crippen MR) is 50.7 cm³/mol. The molecule has 72 valence electrons. The summed E-state index contributed by atoms with van der Waals surface area (Å²) in [6.45, 7) is 2.25. The summed E-state index contributed by atoms with van der Waals surface area (Å²) < 4.78 is 0. The molecular formula is C10H16N2O. The third kappa shape index (κ3) is 1.48. The lowest BCUT2D eigenvalue weighted by molar-refractivity contribution is 0.298. The number of aliphatic hydroxyl groups is 1. The molecule has 1 aliphatic carbocycles. The van der Waals surface area contributed by atoms with Gasteiger partial charge >= 0.3 is 0 Å². The summed E-state index contributed by atoms with van der Waals surface area (Å²) in [6.07, 6.45) is 4.61. The van der Waals surface area contributed by atoms with Crippen molar-refractivity contribution in [2.45, 2.75) is 38.5 Å². The highest BCUT2D eigenvalue weighted by atomic mass is 16.2. The second-order valence-electron chi connectivity index (χ2n) is 3.81. The summed E-state index contributed by atoms with van der Waals surface area (Å²) in [4.78, 5) is 0. The van der Waals surface area contributed by atoms with Crippen molar-refractivity contribution in [1.29, 1.82) is 0 Å². The van der Waals surface area contributed by atoms with Crippen LogP contribution >= 0.6 is 0 Å². The first-order valence-electron chi connectivity index (χ1n) is 4.97. The van der Waals surface area contributed by atoms with E-state index >= 15 is 0 Å². The maximum atomic E-state index is 8.92. The van der Waals surface area contributed by atoms with Crippen LogP contribution < -0.4 is 0 Å². The highest BCUT2D eigenvalue weighted by molar-refractivity contribution is 5.28.